The zero-order valence-corrected chi connectivity index (χ0v) is 10.6. The molecule has 2 rings (SSSR count). The van der Waals surface area contributed by atoms with Crippen molar-refractivity contribution >= 4 is 10.0 Å². The van der Waals surface area contributed by atoms with E-state index in [0.717, 1.165) is 30.9 Å². The molecule has 1 atom stereocenters. The molecule has 5 nitrogen and oxygen atoms in total. The average Bonchev–Trinajstić information content (AvgIpc) is 2.56. The number of hydrogen-bond acceptors (Lipinski definition) is 3. The Bertz CT molecular complexity index is 504. The Morgan fingerprint density at radius 1 is 1.50 bits per heavy atom. The Hall–Kier alpha value is -0.880. The number of aryl methyl sites for hydroxylation is 1. The van der Waals surface area contributed by atoms with Crippen molar-refractivity contribution in [3.05, 3.63) is 11.5 Å². The standard InChI is InChI=1S/C10H17N3O2S/c1-7-4-5-13-8(2)12-10(9(13)6-7)16(14,15)11-3/h7,11H,4-6H2,1-3H3. The Balaban J connectivity index is 2.57. The van der Waals surface area contributed by atoms with Crippen LogP contribution in [0.4, 0.5) is 0 Å². The summed E-state index contributed by atoms with van der Waals surface area (Å²) >= 11 is 0. The molecule has 0 radical (unpaired) electrons. The highest BCUT2D eigenvalue weighted by molar-refractivity contribution is 7.89. The van der Waals surface area contributed by atoms with Gasteiger partial charge in [0.05, 0.1) is 5.69 Å². The minimum absolute atomic E-state index is 0.207. The topological polar surface area (TPSA) is 64.0 Å². The maximum absolute atomic E-state index is 11.8. The fourth-order valence-corrected chi connectivity index (χ4v) is 3.12. The minimum atomic E-state index is -3.42. The molecule has 0 saturated carbocycles. The summed E-state index contributed by atoms with van der Waals surface area (Å²) < 4.78 is 28.0. The number of aromatic nitrogens is 2. The Morgan fingerprint density at radius 2 is 2.19 bits per heavy atom. The highest BCUT2D eigenvalue weighted by Crippen LogP contribution is 2.26. The molecule has 0 saturated heterocycles. The second-order valence-corrected chi connectivity index (χ2v) is 6.17. The van der Waals surface area contributed by atoms with Crippen LogP contribution in [-0.2, 0) is 23.0 Å². The highest BCUT2D eigenvalue weighted by atomic mass is 32.2. The fraction of sp³-hybridized carbons (Fsp3) is 0.700. The van der Waals surface area contributed by atoms with E-state index >= 15 is 0 Å². The summed E-state index contributed by atoms with van der Waals surface area (Å²) in [5.74, 6) is 1.31. The third-order valence-corrected chi connectivity index (χ3v) is 4.51. The van der Waals surface area contributed by atoms with E-state index in [0.29, 0.717) is 5.92 Å². The van der Waals surface area contributed by atoms with E-state index in [2.05, 4.69) is 16.6 Å². The van der Waals surface area contributed by atoms with Gasteiger partial charge in [0.25, 0.3) is 10.0 Å². The van der Waals surface area contributed by atoms with Gasteiger partial charge in [0.15, 0.2) is 5.03 Å². The van der Waals surface area contributed by atoms with Crippen LogP contribution < -0.4 is 4.72 Å². The number of nitrogens with one attached hydrogen (secondary N) is 1. The van der Waals surface area contributed by atoms with Crippen molar-refractivity contribution in [2.75, 3.05) is 7.05 Å². The van der Waals surface area contributed by atoms with Crippen molar-refractivity contribution in [1.82, 2.24) is 14.3 Å². The minimum Gasteiger partial charge on any atom is -0.331 e. The van der Waals surface area contributed by atoms with E-state index in [1.807, 2.05) is 11.5 Å². The number of imidazole rings is 1. The Morgan fingerprint density at radius 3 is 2.81 bits per heavy atom. The van der Waals surface area contributed by atoms with Gasteiger partial charge in [-0.2, -0.15) is 0 Å². The SMILES string of the molecule is CNS(=O)(=O)c1nc(C)n2c1CC(C)CC2. The van der Waals surface area contributed by atoms with Crippen molar-refractivity contribution in [1.29, 1.82) is 0 Å². The lowest BCUT2D eigenvalue weighted by Gasteiger charge is -2.21. The molecule has 0 amide bonds. The van der Waals surface area contributed by atoms with Crippen molar-refractivity contribution in [3.8, 4) is 0 Å². The van der Waals surface area contributed by atoms with E-state index in [4.69, 9.17) is 0 Å². The smallest absolute Gasteiger partial charge is 0.259 e. The van der Waals surface area contributed by atoms with Crippen LogP contribution in [0.3, 0.4) is 0 Å². The van der Waals surface area contributed by atoms with Crippen LogP contribution in [-0.4, -0.2) is 25.0 Å². The largest absolute Gasteiger partial charge is 0.331 e. The first-order valence-corrected chi connectivity index (χ1v) is 6.93. The molecule has 1 unspecified atom stereocenters. The van der Waals surface area contributed by atoms with Gasteiger partial charge < -0.3 is 4.57 Å². The first-order chi connectivity index (χ1) is 7.45. The predicted molar refractivity (Wildman–Crippen MR) is 60.7 cm³/mol. The van der Waals surface area contributed by atoms with Crippen LogP contribution in [0.15, 0.2) is 5.03 Å². The van der Waals surface area contributed by atoms with E-state index in [9.17, 15) is 8.42 Å². The lowest BCUT2D eigenvalue weighted by Crippen LogP contribution is -2.24. The molecule has 1 aliphatic heterocycles. The molecule has 6 heteroatoms. The predicted octanol–water partition coefficient (Wildman–Crippen LogP) is 0.682. The van der Waals surface area contributed by atoms with E-state index in [1.54, 1.807) is 0 Å². The molecular formula is C10H17N3O2S. The van der Waals surface area contributed by atoms with Gasteiger partial charge in [-0.3, -0.25) is 0 Å². The summed E-state index contributed by atoms with van der Waals surface area (Å²) in [4.78, 5) is 4.18. The Labute approximate surface area is 95.9 Å². The van der Waals surface area contributed by atoms with E-state index in [-0.39, 0.29) is 5.03 Å². The quantitative estimate of drug-likeness (QED) is 0.831. The second kappa shape index (κ2) is 3.85. The number of fused-ring (bicyclic) bond motifs is 1. The first-order valence-electron chi connectivity index (χ1n) is 5.45. The molecule has 0 bridgehead atoms. The molecule has 90 valence electrons. The van der Waals surface area contributed by atoms with Gasteiger partial charge >= 0.3 is 0 Å². The van der Waals surface area contributed by atoms with Gasteiger partial charge in [0.2, 0.25) is 0 Å². The fourth-order valence-electron chi connectivity index (χ4n) is 2.17. The van der Waals surface area contributed by atoms with Crippen molar-refractivity contribution < 1.29 is 8.42 Å². The monoisotopic (exact) mass is 243 g/mol. The third-order valence-electron chi connectivity index (χ3n) is 3.14. The summed E-state index contributed by atoms with van der Waals surface area (Å²) in [7, 11) is -2.00. The van der Waals surface area contributed by atoms with E-state index < -0.39 is 10.0 Å². The normalized spacial score (nSPS) is 20.8. The van der Waals surface area contributed by atoms with Gasteiger partial charge in [0, 0.05) is 6.54 Å². The van der Waals surface area contributed by atoms with Crippen molar-refractivity contribution in [2.24, 2.45) is 5.92 Å². The summed E-state index contributed by atoms with van der Waals surface area (Å²) in [6.07, 6.45) is 1.88. The molecule has 0 aliphatic carbocycles. The molecule has 1 aromatic heterocycles. The maximum atomic E-state index is 11.8. The highest BCUT2D eigenvalue weighted by Gasteiger charge is 2.28. The number of rotatable bonds is 2. The van der Waals surface area contributed by atoms with Gasteiger partial charge in [-0.1, -0.05) is 6.92 Å². The first kappa shape index (κ1) is 11.6. The van der Waals surface area contributed by atoms with Crippen LogP contribution >= 0.6 is 0 Å². The van der Waals surface area contributed by atoms with Gasteiger partial charge in [-0.25, -0.2) is 18.1 Å². The van der Waals surface area contributed by atoms with Crippen LogP contribution in [0.25, 0.3) is 0 Å². The van der Waals surface area contributed by atoms with Crippen LogP contribution in [0.1, 0.15) is 24.9 Å². The molecule has 1 N–H and O–H groups in total. The second-order valence-electron chi connectivity index (χ2n) is 4.37. The van der Waals surface area contributed by atoms with Crippen molar-refractivity contribution in [2.45, 2.75) is 38.3 Å². The van der Waals surface area contributed by atoms with Gasteiger partial charge in [-0.15, -0.1) is 0 Å². The Kier molecular flexibility index (Phi) is 2.79. The molecule has 1 aliphatic rings. The molecule has 16 heavy (non-hydrogen) atoms. The number of sulfonamides is 1. The lowest BCUT2D eigenvalue weighted by molar-refractivity contribution is 0.407. The summed E-state index contributed by atoms with van der Waals surface area (Å²) in [5, 5.41) is 0.207. The lowest BCUT2D eigenvalue weighted by atomic mass is 9.99. The van der Waals surface area contributed by atoms with Crippen LogP contribution in [0, 0.1) is 12.8 Å². The molecular weight excluding hydrogens is 226 g/mol. The van der Waals surface area contributed by atoms with Crippen LogP contribution in [0.5, 0.6) is 0 Å². The molecule has 0 spiro atoms. The molecule has 2 heterocycles. The molecule has 0 fully saturated rings. The van der Waals surface area contributed by atoms with Gasteiger partial charge in [-0.05, 0) is 32.7 Å². The summed E-state index contributed by atoms with van der Waals surface area (Å²) in [6.45, 7) is 4.87. The third kappa shape index (κ3) is 1.76. The van der Waals surface area contributed by atoms with Crippen LogP contribution in [0.2, 0.25) is 0 Å². The maximum Gasteiger partial charge on any atom is 0.259 e. The zero-order chi connectivity index (χ0) is 11.9. The van der Waals surface area contributed by atoms with E-state index in [1.165, 1.54) is 7.05 Å². The molecule has 1 aromatic rings. The zero-order valence-electron chi connectivity index (χ0n) is 9.82. The molecule has 0 aromatic carbocycles. The summed E-state index contributed by atoms with van der Waals surface area (Å²) in [6, 6.07) is 0. The van der Waals surface area contributed by atoms with Gasteiger partial charge in [0.1, 0.15) is 5.82 Å². The number of nitrogens with zero attached hydrogens (tertiary/aromatic N) is 2. The average molecular weight is 243 g/mol. The summed E-state index contributed by atoms with van der Waals surface area (Å²) in [5.41, 5.74) is 0.852. The number of hydrogen-bond donors (Lipinski definition) is 1. The van der Waals surface area contributed by atoms with Crippen molar-refractivity contribution in [3.63, 3.8) is 0 Å².